The van der Waals surface area contributed by atoms with Gasteiger partial charge in [-0.3, -0.25) is 0 Å². The maximum atomic E-state index is 11.9. The number of carboxylic acids is 1. The minimum Gasteiger partial charge on any atom is -0.477 e. The summed E-state index contributed by atoms with van der Waals surface area (Å²) in [5.74, 6) is -2.22. The largest absolute Gasteiger partial charge is 0.477 e. The molecule has 0 fully saturated rings. The molecule has 0 spiro atoms. The second-order valence-electron chi connectivity index (χ2n) is 3.83. The summed E-state index contributed by atoms with van der Waals surface area (Å²) in [5.41, 5.74) is 0.0810. The zero-order valence-electron chi connectivity index (χ0n) is 12.2. The Bertz CT molecular complexity index is 657. The number of aromatic nitrogens is 2. The van der Waals surface area contributed by atoms with E-state index in [1.807, 2.05) is 12.1 Å². The van der Waals surface area contributed by atoms with Crippen molar-refractivity contribution in [2.75, 3.05) is 0 Å². The quantitative estimate of drug-likeness (QED) is 0.514. The first-order valence-electron chi connectivity index (χ1n) is 6.33. The van der Waals surface area contributed by atoms with Crippen LogP contribution in [0.3, 0.4) is 0 Å². The van der Waals surface area contributed by atoms with Crippen molar-refractivity contribution in [2.45, 2.75) is 0 Å². The summed E-state index contributed by atoms with van der Waals surface area (Å²) in [6, 6.07) is 15.5. The third kappa shape index (κ3) is 10.3. The number of carbonyl (C=O) groups is 1. The number of hydrogen-bond acceptors (Lipinski definition) is 3. The molecule has 0 bridgehead atoms. The molecule has 0 amide bonds. The van der Waals surface area contributed by atoms with Crippen molar-refractivity contribution in [3.05, 3.63) is 96.6 Å². The molecule has 24 heavy (non-hydrogen) atoms. The van der Waals surface area contributed by atoms with Gasteiger partial charge in [0.25, 0.3) is 0 Å². The molecule has 0 atom stereocenters. The molecule has 1 N–H and O–H groups in total. The van der Waals surface area contributed by atoms with E-state index >= 15 is 0 Å². The van der Waals surface area contributed by atoms with E-state index in [1.54, 1.807) is 24.4 Å². The first-order valence-corrected chi connectivity index (χ1v) is 6.33. The van der Waals surface area contributed by atoms with Crippen molar-refractivity contribution >= 4 is 5.97 Å². The Morgan fingerprint density at radius 1 is 1.04 bits per heavy atom. The molecule has 0 aliphatic heterocycles. The molecular formula is C17H12F2IrN2O2-2. The summed E-state index contributed by atoms with van der Waals surface area (Å²) in [7, 11) is 0. The number of rotatable bonds is 1. The van der Waals surface area contributed by atoms with E-state index in [4.69, 9.17) is 5.11 Å². The van der Waals surface area contributed by atoms with Crippen LogP contribution in [0.1, 0.15) is 10.5 Å². The van der Waals surface area contributed by atoms with Crippen molar-refractivity contribution in [1.82, 2.24) is 9.97 Å². The summed E-state index contributed by atoms with van der Waals surface area (Å²) in [6.45, 7) is 0. The minimum atomic E-state index is -0.990. The first-order chi connectivity index (χ1) is 11.1. The van der Waals surface area contributed by atoms with Crippen LogP contribution in [0.4, 0.5) is 8.78 Å². The predicted molar refractivity (Wildman–Crippen MR) is 79.5 cm³/mol. The average molecular weight is 507 g/mol. The molecule has 2 aromatic heterocycles. The Morgan fingerprint density at radius 3 is 2.08 bits per heavy atom. The third-order valence-corrected chi connectivity index (χ3v) is 2.13. The van der Waals surface area contributed by atoms with E-state index in [1.165, 1.54) is 18.3 Å². The molecule has 3 aromatic rings. The first kappa shape index (κ1) is 21.5. The van der Waals surface area contributed by atoms with E-state index < -0.39 is 17.6 Å². The smallest absolute Gasteiger partial charge is 0.354 e. The van der Waals surface area contributed by atoms with Gasteiger partial charge in [0.2, 0.25) is 0 Å². The summed E-state index contributed by atoms with van der Waals surface area (Å²) in [6.07, 6.45) is 5.78. The van der Waals surface area contributed by atoms with Gasteiger partial charge in [-0.15, -0.1) is 18.2 Å². The third-order valence-electron chi connectivity index (χ3n) is 2.13. The second-order valence-corrected chi connectivity index (χ2v) is 3.83. The number of hydrogen-bond donors (Lipinski definition) is 1. The van der Waals surface area contributed by atoms with Gasteiger partial charge in [-0.05, 0) is 12.1 Å². The van der Waals surface area contributed by atoms with Crippen LogP contribution in [0.25, 0.3) is 0 Å². The molecular weight excluding hydrogens is 494 g/mol. The molecule has 0 saturated carbocycles. The van der Waals surface area contributed by atoms with E-state index in [2.05, 4.69) is 22.2 Å². The Balaban J connectivity index is 0.000000330. The molecule has 0 aliphatic carbocycles. The van der Waals surface area contributed by atoms with Crippen LogP contribution < -0.4 is 0 Å². The van der Waals surface area contributed by atoms with Crippen molar-refractivity contribution in [1.29, 1.82) is 0 Å². The Hall–Kier alpha value is -2.50. The van der Waals surface area contributed by atoms with Crippen LogP contribution in [-0.4, -0.2) is 21.0 Å². The van der Waals surface area contributed by atoms with E-state index in [-0.39, 0.29) is 25.8 Å². The van der Waals surface area contributed by atoms with Gasteiger partial charge in [0.15, 0.2) is 0 Å². The van der Waals surface area contributed by atoms with Gasteiger partial charge in [-0.25, -0.2) is 18.6 Å². The van der Waals surface area contributed by atoms with Crippen molar-refractivity contribution in [3.8, 4) is 0 Å². The van der Waals surface area contributed by atoms with Gasteiger partial charge < -0.3 is 10.1 Å². The summed E-state index contributed by atoms with van der Waals surface area (Å²) >= 11 is 0. The van der Waals surface area contributed by atoms with Crippen LogP contribution in [-0.2, 0) is 20.1 Å². The summed E-state index contributed by atoms with van der Waals surface area (Å²) in [5, 5.41) is 8.32. The minimum absolute atomic E-state index is 0. The zero-order chi connectivity index (χ0) is 16.9. The number of benzene rings is 1. The second kappa shape index (κ2) is 13.0. The van der Waals surface area contributed by atoms with Crippen LogP contribution in [0.15, 0.2) is 67.0 Å². The van der Waals surface area contributed by atoms with E-state index in [9.17, 15) is 13.6 Å². The van der Waals surface area contributed by atoms with Crippen molar-refractivity contribution in [2.24, 2.45) is 0 Å². The Labute approximate surface area is 151 Å². The summed E-state index contributed by atoms with van der Waals surface area (Å²) < 4.78 is 23.8. The molecule has 0 saturated heterocycles. The number of carboxylic acid groups (broad SMARTS) is 1. The van der Waals surface area contributed by atoms with Crippen LogP contribution in [0.2, 0.25) is 0 Å². The molecule has 1 aromatic carbocycles. The van der Waals surface area contributed by atoms with Gasteiger partial charge in [0, 0.05) is 37.9 Å². The Kier molecular flexibility index (Phi) is 11.6. The molecule has 127 valence electrons. The van der Waals surface area contributed by atoms with Gasteiger partial charge in [-0.2, -0.15) is 24.3 Å². The standard InChI is InChI=1S/C6H3F2.C6H5NO2.C5H4N.Ir/c7-5-2-1-3-6(8)4-5;8-6(9)5-3-1-2-4-7-5;1-2-4-6-5-3-1;/h1-2,4H;1-4H,(H,8,9);1-4H;/q-1;;-1;. The SMILES string of the molecule is Fc1[c-]ccc(F)c1.O=C(O)c1ccccn1.[Ir].[c-]1ccccn1. The van der Waals surface area contributed by atoms with Crippen molar-refractivity contribution in [3.63, 3.8) is 0 Å². The number of pyridine rings is 2. The fraction of sp³-hybridized carbons (Fsp3) is 0. The van der Waals surface area contributed by atoms with Gasteiger partial charge in [-0.1, -0.05) is 18.5 Å². The summed E-state index contributed by atoms with van der Waals surface area (Å²) in [4.78, 5) is 17.4. The molecule has 1 radical (unpaired) electrons. The van der Waals surface area contributed by atoms with Crippen LogP contribution >= 0.6 is 0 Å². The Morgan fingerprint density at radius 2 is 1.79 bits per heavy atom. The zero-order valence-corrected chi connectivity index (χ0v) is 14.6. The monoisotopic (exact) mass is 507 g/mol. The topological polar surface area (TPSA) is 63.1 Å². The fourth-order valence-corrected chi connectivity index (χ4v) is 1.18. The molecule has 2 heterocycles. The van der Waals surface area contributed by atoms with Crippen molar-refractivity contribution < 1.29 is 38.8 Å². The maximum Gasteiger partial charge on any atom is 0.354 e. The molecule has 3 rings (SSSR count). The average Bonchev–Trinajstić information content (AvgIpc) is 2.58. The molecule has 7 heteroatoms. The van der Waals surface area contributed by atoms with Crippen LogP contribution in [0, 0.1) is 23.9 Å². The van der Waals surface area contributed by atoms with Gasteiger partial charge >= 0.3 is 5.97 Å². The normalized spacial score (nSPS) is 8.42. The molecule has 4 nitrogen and oxygen atoms in total. The van der Waals surface area contributed by atoms with Gasteiger partial charge in [0.1, 0.15) is 5.69 Å². The van der Waals surface area contributed by atoms with Gasteiger partial charge in [0.05, 0.1) is 0 Å². The predicted octanol–water partition coefficient (Wildman–Crippen LogP) is 3.42. The molecule has 0 unspecified atom stereocenters. The maximum absolute atomic E-state index is 11.9. The van der Waals surface area contributed by atoms with E-state index in [0.717, 1.165) is 12.1 Å². The number of aromatic carboxylic acids is 1. The van der Waals surface area contributed by atoms with E-state index in [0.29, 0.717) is 0 Å². The number of halogens is 2. The fourth-order valence-electron chi connectivity index (χ4n) is 1.18. The molecule has 0 aliphatic rings. The van der Waals surface area contributed by atoms with Crippen LogP contribution in [0.5, 0.6) is 0 Å². The number of nitrogens with zero attached hydrogens (tertiary/aromatic N) is 2.